The molecule has 7 nitrogen and oxygen atoms in total. The van der Waals surface area contributed by atoms with Gasteiger partial charge in [-0.1, -0.05) is 76.6 Å². The number of benzene rings is 3. The van der Waals surface area contributed by atoms with Gasteiger partial charge < -0.3 is 20.7 Å². The first-order valence-electron chi connectivity index (χ1n) is 14.5. The molecule has 2 amide bonds. The van der Waals surface area contributed by atoms with Gasteiger partial charge in [-0.3, -0.25) is 0 Å². The van der Waals surface area contributed by atoms with Crippen molar-refractivity contribution in [2.24, 2.45) is 11.7 Å². The largest absolute Gasteiger partial charge is 0.491 e. The van der Waals surface area contributed by atoms with Gasteiger partial charge in [0.2, 0.25) is 0 Å². The number of carbonyl (C=O) groups excluding carboxylic acids is 1. The number of carbonyl (C=O) groups is 1. The molecular formula is C34H40ClN5O2. The highest BCUT2D eigenvalue weighted by Gasteiger charge is 2.29. The third kappa shape index (κ3) is 6.12. The molecule has 4 aromatic rings. The zero-order valence-corrected chi connectivity index (χ0v) is 26.0. The highest BCUT2D eigenvalue weighted by molar-refractivity contribution is 6.33. The van der Waals surface area contributed by atoms with E-state index >= 15 is 0 Å². The average Bonchev–Trinajstić information content (AvgIpc) is 3.29. The Labute approximate surface area is 253 Å². The lowest BCUT2D eigenvalue weighted by atomic mass is 9.86. The van der Waals surface area contributed by atoms with Crippen molar-refractivity contribution < 1.29 is 9.53 Å². The summed E-state index contributed by atoms with van der Waals surface area (Å²) in [6.07, 6.45) is 0.779. The average molecular weight is 586 g/mol. The minimum atomic E-state index is -0.595. The van der Waals surface area contributed by atoms with Crippen LogP contribution in [0, 0.1) is 12.8 Å². The second kappa shape index (κ2) is 11.7. The lowest BCUT2D eigenvalue weighted by Crippen LogP contribution is -2.30. The molecule has 8 heteroatoms. The quantitative estimate of drug-likeness (QED) is 0.231. The van der Waals surface area contributed by atoms with Crippen LogP contribution >= 0.6 is 11.6 Å². The number of para-hydroxylation sites is 1. The van der Waals surface area contributed by atoms with Crippen LogP contribution in [0.3, 0.4) is 0 Å². The fourth-order valence-corrected chi connectivity index (χ4v) is 5.63. The number of hydrogen-bond acceptors (Lipinski definition) is 4. The van der Waals surface area contributed by atoms with Gasteiger partial charge in [0.05, 0.1) is 28.7 Å². The summed E-state index contributed by atoms with van der Waals surface area (Å²) >= 11 is 6.80. The third-order valence-corrected chi connectivity index (χ3v) is 7.92. The molecule has 0 atom stereocenters. The molecule has 1 aromatic heterocycles. The number of nitrogens with two attached hydrogens (primary N) is 1. The van der Waals surface area contributed by atoms with Crippen molar-refractivity contribution in [1.82, 2.24) is 9.78 Å². The van der Waals surface area contributed by atoms with Gasteiger partial charge in [-0.15, -0.1) is 0 Å². The summed E-state index contributed by atoms with van der Waals surface area (Å²) in [6.45, 7) is 15.1. The Morgan fingerprint density at radius 2 is 1.86 bits per heavy atom. The van der Waals surface area contributed by atoms with Crippen molar-refractivity contribution in [3.8, 4) is 22.7 Å². The van der Waals surface area contributed by atoms with Crippen LogP contribution < -0.4 is 20.7 Å². The number of aromatic nitrogens is 2. The molecule has 0 aliphatic carbocycles. The maximum Gasteiger partial charge on any atom is 0.316 e. The first kappa shape index (κ1) is 29.5. The smallest absolute Gasteiger partial charge is 0.316 e. The molecule has 0 saturated carbocycles. The first-order valence-corrected chi connectivity index (χ1v) is 14.9. The van der Waals surface area contributed by atoms with E-state index in [2.05, 4.69) is 70.0 Å². The lowest BCUT2D eigenvalue weighted by molar-refractivity contribution is 0.259. The monoisotopic (exact) mass is 585 g/mol. The molecular weight excluding hydrogens is 546 g/mol. The number of nitrogens with zero attached hydrogens (tertiary/aromatic N) is 3. The molecule has 0 saturated heterocycles. The molecule has 1 aliphatic rings. The standard InChI is InChI=1S/C34H40ClN5O2/c1-21(2)20-42-30-9-7-8-22(3)31(30)40-32(23-10-13-25(14-11-23)37-33(36)41)26-19-39(17-16-28(26)38-40)29-18-24(34(4,5)6)12-15-27(29)35/h7-15,18,21H,16-17,19-20H2,1-6H3,(H3,36,37,41). The van der Waals surface area contributed by atoms with E-state index in [-0.39, 0.29) is 5.41 Å². The summed E-state index contributed by atoms with van der Waals surface area (Å²) < 4.78 is 8.37. The fraction of sp³-hybridized carbons (Fsp3) is 0.353. The molecule has 0 spiro atoms. The summed E-state index contributed by atoms with van der Waals surface area (Å²) in [6, 6.07) is 19.6. The van der Waals surface area contributed by atoms with Gasteiger partial charge in [0, 0.05) is 36.3 Å². The summed E-state index contributed by atoms with van der Waals surface area (Å²) in [4.78, 5) is 13.8. The van der Waals surface area contributed by atoms with Gasteiger partial charge in [0.1, 0.15) is 11.4 Å². The summed E-state index contributed by atoms with van der Waals surface area (Å²) in [7, 11) is 0. The van der Waals surface area contributed by atoms with Gasteiger partial charge in [0.15, 0.2) is 0 Å². The van der Waals surface area contributed by atoms with Gasteiger partial charge in [-0.25, -0.2) is 9.48 Å². The van der Waals surface area contributed by atoms with Gasteiger partial charge >= 0.3 is 6.03 Å². The Morgan fingerprint density at radius 1 is 1.12 bits per heavy atom. The van der Waals surface area contributed by atoms with Crippen molar-refractivity contribution in [2.75, 3.05) is 23.4 Å². The minimum absolute atomic E-state index is 0.00818. The van der Waals surface area contributed by atoms with Crippen molar-refractivity contribution in [1.29, 1.82) is 0 Å². The molecule has 0 bridgehead atoms. The fourth-order valence-electron chi connectivity index (χ4n) is 5.39. The number of primary amides is 1. The van der Waals surface area contributed by atoms with Crippen LogP contribution in [-0.4, -0.2) is 29.0 Å². The van der Waals surface area contributed by atoms with Crippen molar-refractivity contribution in [2.45, 2.75) is 59.9 Å². The molecule has 0 radical (unpaired) electrons. The molecule has 3 N–H and O–H groups in total. The molecule has 220 valence electrons. The zero-order valence-electron chi connectivity index (χ0n) is 25.3. The topological polar surface area (TPSA) is 85.4 Å². The van der Waals surface area contributed by atoms with Crippen molar-refractivity contribution in [3.63, 3.8) is 0 Å². The van der Waals surface area contributed by atoms with Gasteiger partial charge in [0.25, 0.3) is 0 Å². The van der Waals surface area contributed by atoms with Crippen LogP contribution in [0.4, 0.5) is 16.2 Å². The highest BCUT2D eigenvalue weighted by Crippen LogP contribution is 2.40. The number of hydrogen-bond donors (Lipinski definition) is 2. The third-order valence-electron chi connectivity index (χ3n) is 7.60. The second-order valence-electron chi connectivity index (χ2n) is 12.5. The number of amides is 2. The van der Waals surface area contributed by atoms with E-state index in [1.807, 2.05) is 47.1 Å². The SMILES string of the molecule is Cc1cccc(OCC(C)C)c1-n1nc2c(c1-c1ccc(NC(N)=O)cc1)CN(c1cc(C(C)(C)C)ccc1Cl)CC2. The van der Waals surface area contributed by atoms with E-state index in [1.54, 1.807) is 0 Å². The van der Waals surface area contributed by atoms with E-state index in [0.717, 1.165) is 63.2 Å². The predicted molar refractivity (Wildman–Crippen MR) is 172 cm³/mol. The van der Waals surface area contributed by atoms with Crippen LogP contribution in [0.5, 0.6) is 5.75 Å². The maximum atomic E-state index is 11.4. The van der Waals surface area contributed by atoms with Crippen LogP contribution in [0.25, 0.3) is 16.9 Å². The molecule has 0 unspecified atom stereocenters. The van der Waals surface area contributed by atoms with E-state index in [9.17, 15) is 4.79 Å². The molecule has 3 aromatic carbocycles. The Balaban J connectivity index is 1.65. The molecule has 42 heavy (non-hydrogen) atoms. The molecule has 1 aliphatic heterocycles. The number of fused-ring (bicyclic) bond motifs is 1. The number of anilines is 2. The minimum Gasteiger partial charge on any atom is -0.491 e. The predicted octanol–water partition coefficient (Wildman–Crippen LogP) is 7.89. The number of urea groups is 1. The Kier molecular flexibility index (Phi) is 8.24. The number of halogens is 1. The number of ether oxygens (including phenoxy) is 1. The Bertz CT molecular complexity index is 1600. The molecule has 2 heterocycles. The van der Waals surface area contributed by atoms with E-state index in [4.69, 9.17) is 27.2 Å². The highest BCUT2D eigenvalue weighted by atomic mass is 35.5. The van der Waals surface area contributed by atoms with Crippen LogP contribution in [-0.2, 0) is 18.4 Å². The summed E-state index contributed by atoms with van der Waals surface area (Å²) in [5.41, 5.74) is 14.5. The summed E-state index contributed by atoms with van der Waals surface area (Å²) in [5, 5.41) is 8.61. The van der Waals surface area contributed by atoms with Gasteiger partial charge in [-0.2, -0.15) is 5.10 Å². The first-order chi connectivity index (χ1) is 19.9. The van der Waals surface area contributed by atoms with Gasteiger partial charge in [-0.05, 0) is 59.7 Å². The number of nitrogens with one attached hydrogen (secondary N) is 1. The van der Waals surface area contributed by atoms with Crippen LogP contribution in [0.1, 0.15) is 57.0 Å². The Hall–Kier alpha value is -3.97. The van der Waals surface area contributed by atoms with Crippen molar-refractivity contribution >= 4 is 29.0 Å². The lowest BCUT2D eigenvalue weighted by Gasteiger charge is -2.31. The molecule has 5 rings (SSSR count). The number of aryl methyl sites for hydroxylation is 1. The van der Waals surface area contributed by atoms with E-state index in [0.29, 0.717) is 24.8 Å². The molecule has 0 fully saturated rings. The number of rotatable bonds is 7. The van der Waals surface area contributed by atoms with E-state index in [1.165, 1.54) is 5.56 Å². The van der Waals surface area contributed by atoms with Crippen molar-refractivity contribution in [3.05, 3.63) is 88.1 Å². The van der Waals surface area contributed by atoms with Crippen LogP contribution in [0.2, 0.25) is 5.02 Å². The van der Waals surface area contributed by atoms with E-state index < -0.39 is 6.03 Å². The second-order valence-corrected chi connectivity index (χ2v) is 12.9. The zero-order chi connectivity index (χ0) is 30.2. The Morgan fingerprint density at radius 3 is 2.52 bits per heavy atom. The summed E-state index contributed by atoms with van der Waals surface area (Å²) in [5.74, 6) is 1.19. The maximum absolute atomic E-state index is 11.4. The van der Waals surface area contributed by atoms with Crippen LogP contribution in [0.15, 0.2) is 60.7 Å². The normalized spacial score (nSPS) is 13.3.